The van der Waals surface area contributed by atoms with E-state index in [0.717, 1.165) is 29.0 Å². The molecule has 0 atom stereocenters. The van der Waals surface area contributed by atoms with Gasteiger partial charge in [0, 0.05) is 5.69 Å². The fourth-order valence-electron chi connectivity index (χ4n) is 2.56. The third kappa shape index (κ3) is 2.86. The van der Waals surface area contributed by atoms with E-state index in [0.29, 0.717) is 0 Å². The van der Waals surface area contributed by atoms with Gasteiger partial charge in [-0.3, -0.25) is 4.79 Å². The predicted molar refractivity (Wildman–Crippen MR) is 88.9 cm³/mol. The zero-order chi connectivity index (χ0) is 15.5. The third-order valence-corrected chi connectivity index (χ3v) is 3.79. The lowest BCUT2D eigenvalue weighted by Gasteiger charge is -2.09. The van der Waals surface area contributed by atoms with Gasteiger partial charge in [0.1, 0.15) is 12.4 Å². The van der Waals surface area contributed by atoms with E-state index in [4.69, 9.17) is 0 Å². The summed E-state index contributed by atoms with van der Waals surface area (Å²) < 4.78 is 1.94. The topological polar surface area (TPSA) is 46.9 Å². The number of amides is 1. The van der Waals surface area contributed by atoms with Gasteiger partial charge < -0.3 is 9.88 Å². The number of hydrogen-bond donors (Lipinski definition) is 1. The van der Waals surface area contributed by atoms with Crippen molar-refractivity contribution in [3.05, 3.63) is 59.9 Å². The first-order valence-corrected chi connectivity index (χ1v) is 7.48. The average Bonchev–Trinajstić information content (AvgIpc) is 2.84. The highest BCUT2D eigenvalue weighted by molar-refractivity contribution is 5.91. The van der Waals surface area contributed by atoms with Crippen LogP contribution >= 0.6 is 0 Å². The van der Waals surface area contributed by atoms with Crippen molar-refractivity contribution < 1.29 is 4.79 Å². The molecule has 0 saturated carbocycles. The number of hydrogen-bond acceptors (Lipinski definition) is 2. The minimum atomic E-state index is -0.0458. The van der Waals surface area contributed by atoms with Gasteiger partial charge in [-0.2, -0.15) is 0 Å². The van der Waals surface area contributed by atoms with E-state index in [1.54, 1.807) is 0 Å². The molecule has 112 valence electrons. The van der Waals surface area contributed by atoms with Crippen LogP contribution < -0.4 is 5.32 Å². The smallest absolute Gasteiger partial charge is 0.244 e. The third-order valence-electron chi connectivity index (χ3n) is 3.79. The van der Waals surface area contributed by atoms with Gasteiger partial charge >= 0.3 is 0 Å². The summed E-state index contributed by atoms with van der Waals surface area (Å²) in [6.07, 6.45) is 0.994. The molecule has 2 aromatic carbocycles. The van der Waals surface area contributed by atoms with E-state index in [2.05, 4.69) is 17.2 Å². The first kappa shape index (κ1) is 14.3. The van der Waals surface area contributed by atoms with Gasteiger partial charge in [0.15, 0.2) is 0 Å². The fraction of sp³-hybridized carbons (Fsp3) is 0.222. The van der Waals surface area contributed by atoms with E-state index < -0.39 is 0 Å². The lowest BCUT2D eigenvalue weighted by molar-refractivity contribution is -0.116. The van der Waals surface area contributed by atoms with Crippen molar-refractivity contribution in [3.63, 3.8) is 0 Å². The summed E-state index contributed by atoms with van der Waals surface area (Å²) in [5.74, 6) is 0.799. The van der Waals surface area contributed by atoms with Crippen LogP contribution in [0.25, 0.3) is 11.0 Å². The highest BCUT2D eigenvalue weighted by atomic mass is 16.1. The Hall–Kier alpha value is -2.62. The molecule has 0 radical (unpaired) electrons. The minimum Gasteiger partial charge on any atom is -0.325 e. The maximum Gasteiger partial charge on any atom is 0.244 e. The first-order chi connectivity index (χ1) is 10.7. The van der Waals surface area contributed by atoms with Gasteiger partial charge in [0.2, 0.25) is 5.91 Å². The van der Waals surface area contributed by atoms with Crippen molar-refractivity contribution in [2.45, 2.75) is 26.8 Å². The Morgan fingerprint density at radius 3 is 2.59 bits per heavy atom. The number of aryl methyl sites for hydroxylation is 2. The molecule has 4 heteroatoms. The van der Waals surface area contributed by atoms with Crippen LogP contribution in [0.2, 0.25) is 0 Å². The first-order valence-electron chi connectivity index (χ1n) is 7.48. The molecule has 0 bridgehead atoms. The number of nitrogens with zero attached hydrogens (tertiary/aromatic N) is 2. The summed E-state index contributed by atoms with van der Waals surface area (Å²) in [5.41, 5.74) is 3.98. The molecule has 0 saturated heterocycles. The van der Waals surface area contributed by atoms with Crippen molar-refractivity contribution in [1.82, 2.24) is 9.55 Å². The molecule has 0 aliphatic heterocycles. The molecule has 4 nitrogen and oxygen atoms in total. The van der Waals surface area contributed by atoms with Crippen LogP contribution in [0.15, 0.2) is 48.5 Å². The lowest BCUT2D eigenvalue weighted by atomic mass is 10.1. The number of benzene rings is 2. The molecular formula is C18H19N3O. The van der Waals surface area contributed by atoms with Crippen molar-refractivity contribution in [1.29, 1.82) is 0 Å². The van der Waals surface area contributed by atoms with Crippen LogP contribution in [-0.2, 0) is 17.8 Å². The monoisotopic (exact) mass is 293 g/mol. The second-order valence-electron chi connectivity index (χ2n) is 5.33. The van der Waals surface area contributed by atoms with Gasteiger partial charge in [-0.05, 0) is 43.2 Å². The van der Waals surface area contributed by atoms with Crippen molar-refractivity contribution >= 4 is 22.6 Å². The molecule has 0 fully saturated rings. The molecule has 3 aromatic rings. The number of aromatic nitrogens is 2. The molecule has 1 N–H and O–H groups in total. The zero-order valence-corrected chi connectivity index (χ0v) is 12.8. The summed E-state index contributed by atoms with van der Waals surface area (Å²) in [4.78, 5) is 16.7. The van der Waals surface area contributed by atoms with E-state index in [1.807, 2.05) is 60.0 Å². The van der Waals surface area contributed by atoms with E-state index in [9.17, 15) is 4.79 Å². The highest BCUT2D eigenvalue weighted by Crippen LogP contribution is 2.16. The van der Waals surface area contributed by atoms with Crippen molar-refractivity contribution in [3.8, 4) is 0 Å². The molecule has 0 spiro atoms. The zero-order valence-electron chi connectivity index (χ0n) is 12.8. The fourth-order valence-corrected chi connectivity index (χ4v) is 2.56. The molecule has 0 aliphatic rings. The van der Waals surface area contributed by atoms with Gasteiger partial charge in [-0.25, -0.2) is 4.98 Å². The number of imidazole rings is 1. The molecule has 3 rings (SSSR count). The van der Waals surface area contributed by atoms with Crippen LogP contribution in [0.5, 0.6) is 0 Å². The van der Waals surface area contributed by atoms with Crippen molar-refractivity contribution in [2.75, 3.05) is 5.32 Å². The predicted octanol–water partition coefficient (Wildman–Crippen LogP) is 3.55. The molecule has 0 aliphatic carbocycles. The molecule has 22 heavy (non-hydrogen) atoms. The summed E-state index contributed by atoms with van der Waals surface area (Å²) >= 11 is 0. The summed E-state index contributed by atoms with van der Waals surface area (Å²) in [5, 5.41) is 2.94. The Morgan fingerprint density at radius 2 is 1.86 bits per heavy atom. The van der Waals surface area contributed by atoms with Crippen LogP contribution in [0.1, 0.15) is 18.3 Å². The van der Waals surface area contributed by atoms with Gasteiger partial charge in [-0.1, -0.05) is 31.2 Å². The second-order valence-corrected chi connectivity index (χ2v) is 5.33. The number of carbonyl (C=O) groups excluding carboxylic acids is 1. The summed E-state index contributed by atoms with van der Waals surface area (Å²) in [6.45, 7) is 4.30. The minimum absolute atomic E-state index is 0.0458. The van der Waals surface area contributed by atoms with Crippen LogP contribution in [0.4, 0.5) is 5.69 Å². The summed E-state index contributed by atoms with van der Waals surface area (Å²) in [7, 11) is 0. The number of carbonyl (C=O) groups is 1. The highest BCUT2D eigenvalue weighted by Gasteiger charge is 2.10. The maximum atomic E-state index is 12.3. The number of nitrogens with one attached hydrogen (secondary N) is 1. The van der Waals surface area contributed by atoms with Crippen LogP contribution in [0, 0.1) is 6.92 Å². The number of para-hydroxylation sites is 2. The van der Waals surface area contributed by atoms with E-state index in [-0.39, 0.29) is 12.5 Å². The quantitative estimate of drug-likeness (QED) is 0.799. The Morgan fingerprint density at radius 1 is 1.14 bits per heavy atom. The summed E-state index contributed by atoms with van der Waals surface area (Å²) in [6, 6.07) is 15.8. The molecule has 1 amide bonds. The van der Waals surface area contributed by atoms with Gasteiger partial charge in [0.05, 0.1) is 11.0 Å². The van der Waals surface area contributed by atoms with E-state index in [1.165, 1.54) is 5.56 Å². The van der Waals surface area contributed by atoms with Crippen molar-refractivity contribution in [2.24, 2.45) is 0 Å². The Bertz CT molecular complexity index is 803. The standard InChI is InChI=1S/C18H19N3O/c1-3-14-8-10-15(11-9-14)20-18(22)12-21-13(2)19-16-6-4-5-7-17(16)21/h4-11H,3,12H2,1-2H3,(H,20,22). The van der Waals surface area contributed by atoms with Crippen LogP contribution in [0.3, 0.4) is 0 Å². The maximum absolute atomic E-state index is 12.3. The molecular weight excluding hydrogens is 274 g/mol. The van der Waals surface area contributed by atoms with Gasteiger partial charge in [-0.15, -0.1) is 0 Å². The largest absolute Gasteiger partial charge is 0.325 e. The van der Waals surface area contributed by atoms with Crippen LogP contribution in [-0.4, -0.2) is 15.5 Å². The Kier molecular flexibility index (Phi) is 3.92. The van der Waals surface area contributed by atoms with E-state index >= 15 is 0 Å². The molecule has 1 aromatic heterocycles. The Balaban J connectivity index is 1.76. The second kappa shape index (κ2) is 6.02. The average molecular weight is 293 g/mol. The Labute approximate surface area is 129 Å². The number of anilines is 1. The number of fused-ring (bicyclic) bond motifs is 1. The molecule has 1 heterocycles. The van der Waals surface area contributed by atoms with Gasteiger partial charge in [0.25, 0.3) is 0 Å². The SMILES string of the molecule is CCc1ccc(NC(=O)Cn2c(C)nc3ccccc32)cc1. The normalized spacial score (nSPS) is 10.8. The number of rotatable bonds is 4. The molecule has 0 unspecified atom stereocenters. The lowest BCUT2D eigenvalue weighted by Crippen LogP contribution is -2.19.